The van der Waals surface area contributed by atoms with Crippen LogP contribution in [0.3, 0.4) is 0 Å². The van der Waals surface area contributed by atoms with E-state index < -0.39 is 0 Å². The lowest BCUT2D eigenvalue weighted by Gasteiger charge is -2.23. The minimum Gasteiger partial charge on any atom is -0.321 e. The van der Waals surface area contributed by atoms with Gasteiger partial charge in [0.05, 0.1) is 6.54 Å². The molecule has 6 heteroatoms. The van der Waals surface area contributed by atoms with E-state index in [1.54, 1.807) is 24.3 Å². The van der Waals surface area contributed by atoms with Crippen LogP contribution in [0.15, 0.2) is 59.7 Å². The van der Waals surface area contributed by atoms with E-state index in [9.17, 15) is 9.59 Å². The first-order valence-corrected chi connectivity index (χ1v) is 7.98. The number of carbonyl (C=O) groups excluding carboxylic acids is 2. The van der Waals surface area contributed by atoms with E-state index >= 15 is 0 Å². The summed E-state index contributed by atoms with van der Waals surface area (Å²) in [5.74, 6) is -0.379. The number of para-hydroxylation sites is 1. The molecule has 5 nitrogen and oxygen atoms in total. The van der Waals surface area contributed by atoms with Gasteiger partial charge in [-0.1, -0.05) is 41.9 Å². The number of rotatable bonds is 4. The van der Waals surface area contributed by atoms with Crippen molar-refractivity contribution >= 4 is 34.8 Å². The van der Waals surface area contributed by atoms with Crippen molar-refractivity contribution in [2.75, 3.05) is 5.32 Å². The lowest BCUT2D eigenvalue weighted by molar-refractivity contribution is -0.132. The second-order valence-electron chi connectivity index (χ2n) is 5.44. The van der Waals surface area contributed by atoms with E-state index in [0.29, 0.717) is 29.4 Å². The average molecular weight is 342 g/mol. The monoisotopic (exact) mass is 341 g/mol. The van der Waals surface area contributed by atoms with Crippen LogP contribution in [0.25, 0.3) is 0 Å². The summed E-state index contributed by atoms with van der Waals surface area (Å²) in [6, 6.07) is 16.4. The normalized spacial score (nSPS) is 14.3. The van der Waals surface area contributed by atoms with E-state index in [1.165, 1.54) is 5.01 Å². The third-order valence-corrected chi connectivity index (χ3v) is 3.90. The minimum absolute atomic E-state index is 0.0961. The topological polar surface area (TPSA) is 61.8 Å². The number of hydrazone groups is 1. The SMILES string of the molecule is O=C(Nc1ccccc1)C1=NN(Cc2ccc(Cl)cc2)C(=O)CC1. The van der Waals surface area contributed by atoms with Crippen LogP contribution in [0.4, 0.5) is 5.69 Å². The molecule has 0 radical (unpaired) electrons. The quantitative estimate of drug-likeness (QED) is 0.925. The molecule has 0 saturated carbocycles. The Kier molecular flexibility index (Phi) is 4.91. The third kappa shape index (κ3) is 4.00. The minimum atomic E-state index is -0.283. The summed E-state index contributed by atoms with van der Waals surface area (Å²) in [5.41, 5.74) is 1.96. The van der Waals surface area contributed by atoms with Gasteiger partial charge in [-0.2, -0.15) is 5.10 Å². The van der Waals surface area contributed by atoms with Crippen molar-refractivity contribution in [2.45, 2.75) is 19.4 Å². The molecule has 2 aromatic carbocycles. The fourth-order valence-corrected chi connectivity index (χ4v) is 2.50. The standard InChI is InChI=1S/C18H16ClN3O2/c19-14-8-6-13(7-9-14)12-22-17(23)11-10-16(21-22)18(24)20-15-4-2-1-3-5-15/h1-9H,10-12H2,(H,20,24). The van der Waals surface area contributed by atoms with Gasteiger partial charge in [-0.05, 0) is 29.8 Å². The largest absolute Gasteiger partial charge is 0.321 e. The van der Waals surface area contributed by atoms with Crippen LogP contribution in [0, 0.1) is 0 Å². The second kappa shape index (κ2) is 7.27. The third-order valence-electron chi connectivity index (χ3n) is 3.64. The number of benzene rings is 2. The molecule has 24 heavy (non-hydrogen) atoms. The van der Waals surface area contributed by atoms with Crippen LogP contribution in [0.5, 0.6) is 0 Å². The van der Waals surface area contributed by atoms with Gasteiger partial charge in [-0.3, -0.25) is 9.59 Å². The molecule has 2 aromatic rings. The molecule has 2 amide bonds. The average Bonchev–Trinajstić information content (AvgIpc) is 2.59. The van der Waals surface area contributed by atoms with Crippen molar-refractivity contribution in [3.8, 4) is 0 Å². The van der Waals surface area contributed by atoms with Crippen LogP contribution in [-0.2, 0) is 16.1 Å². The molecule has 0 atom stereocenters. The van der Waals surface area contributed by atoms with Gasteiger partial charge < -0.3 is 5.32 Å². The molecule has 3 rings (SSSR count). The van der Waals surface area contributed by atoms with Gasteiger partial charge in [0.1, 0.15) is 5.71 Å². The van der Waals surface area contributed by atoms with Crippen molar-refractivity contribution in [1.82, 2.24) is 5.01 Å². The highest BCUT2D eigenvalue weighted by atomic mass is 35.5. The maximum atomic E-state index is 12.3. The van der Waals surface area contributed by atoms with E-state index in [2.05, 4.69) is 10.4 Å². The first-order chi connectivity index (χ1) is 11.6. The smallest absolute Gasteiger partial charge is 0.271 e. The first kappa shape index (κ1) is 16.2. The lowest BCUT2D eigenvalue weighted by atomic mass is 10.1. The predicted molar refractivity (Wildman–Crippen MR) is 93.7 cm³/mol. The Morgan fingerprint density at radius 1 is 1.08 bits per heavy atom. The Hall–Kier alpha value is -2.66. The highest BCUT2D eigenvalue weighted by molar-refractivity contribution is 6.43. The van der Waals surface area contributed by atoms with Crippen LogP contribution >= 0.6 is 11.6 Å². The van der Waals surface area contributed by atoms with Gasteiger partial charge in [0, 0.05) is 23.6 Å². The Labute approximate surface area is 144 Å². The highest BCUT2D eigenvalue weighted by Gasteiger charge is 2.24. The zero-order valence-electron chi connectivity index (χ0n) is 12.9. The molecule has 1 aliphatic heterocycles. The Balaban J connectivity index is 1.72. The molecule has 0 bridgehead atoms. The summed E-state index contributed by atoms with van der Waals surface area (Å²) >= 11 is 5.86. The van der Waals surface area contributed by atoms with Crippen molar-refractivity contribution in [3.05, 3.63) is 65.2 Å². The fourth-order valence-electron chi connectivity index (χ4n) is 2.38. The predicted octanol–water partition coefficient (Wildman–Crippen LogP) is 3.46. The van der Waals surface area contributed by atoms with Crippen LogP contribution in [0.2, 0.25) is 5.02 Å². The molecule has 122 valence electrons. The van der Waals surface area contributed by atoms with Crippen molar-refractivity contribution in [2.24, 2.45) is 5.10 Å². The van der Waals surface area contributed by atoms with Crippen molar-refractivity contribution in [1.29, 1.82) is 0 Å². The molecule has 1 N–H and O–H groups in total. The van der Waals surface area contributed by atoms with Gasteiger partial charge in [-0.25, -0.2) is 5.01 Å². The molecule has 0 aromatic heterocycles. The molecule has 1 heterocycles. The van der Waals surface area contributed by atoms with Gasteiger partial charge in [0.2, 0.25) is 5.91 Å². The maximum absolute atomic E-state index is 12.3. The molecular weight excluding hydrogens is 326 g/mol. The molecule has 0 aliphatic carbocycles. The van der Waals surface area contributed by atoms with Gasteiger partial charge in [0.15, 0.2) is 0 Å². The van der Waals surface area contributed by atoms with Crippen molar-refractivity contribution in [3.63, 3.8) is 0 Å². The van der Waals surface area contributed by atoms with Gasteiger partial charge >= 0.3 is 0 Å². The summed E-state index contributed by atoms with van der Waals surface area (Å²) in [5, 5.41) is 9.00. The van der Waals surface area contributed by atoms with E-state index in [-0.39, 0.29) is 18.2 Å². The first-order valence-electron chi connectivity index (χ1n) is 7.60. The molecular formula is C18H16ClN3O2. The Morgan fingerprint density at radius 2 is 1.79 bits per heavy atom. The summed E-state index contributed by atoms with van der Waals surface area (Å²) in [6.45, 7) is 0.318. The number of carbonyl (C=O) groups is 2. The van der Waals surface area contributed by atoms with Crippen LogP contribution in [-0.4, -0.2) is 22.5 Å². The van der Waals surface area contributed by atoms with Gasteiger partial charge in [-0.15, -0.1) is 0 Å². The molecule has 0 spiro atoms. The Morgan fingerprint density at radius 3 is 2.50 bits per heavy atom. The number of anilines is 1. The lowest BCUT2D eigenvalue weighted by Crippen LogP contribution is -2.36. The van der Waals surface area contributed by atoms with E-state index in [1.807, 2.05) is 30.3 Å². The molecule has 0 unspecified atom stereocenters. The maximum Gasteiger partial charge on any atom is 0.271 e. The second-order valence-corrected chi connectivity index (χ2v) is 5.88. The summed E-state index contributed by atoms with van der Waals surface area (Å²) in [4.78, 5) is 24.4. The molecule has 0 saturated heterocycles. The van der Waals surface area contributed by atoms with Gasteiger partial charge in [0.25, 0.3) is 5.91 Å². The van der Waals surface area contributed by atoms with Crippen LogP contribution < -0.4 is 5.32 Å². The van der Waals surface area contributed by atoms with Crippen molar-refractivity contribution < 1.29 is 9.59 Å². The summed E-state index contributed by atoms with van der Waals surface area (Å²) in [6.07, 6.45) is 0.614. The number of nitrogens with zero attached hydrogens (tertiary/aromatic N) is 2. The number of hydrogen-bond donors (Lipinski definition) is 1. The van der Waals surface area contributed by atoms with E-state index in [0.717, 1.165) is 5.56 Å². The number of amides is 2. The number of hydrogen-bond acceptors (Lipinski definition) is 3. The fraction of sp³-hybridized carbons (Fsp3) is 0.167. The summed E-state index contributed by atoms with van der Waals surface area (Å²) in [7, 11) is 0. The zero-order valence-corrected chi connectivity index (χ0v) is 13.7. The number of nitrogens with one attached hydrogen (secondary N) is 1. The summed E-state index contributed by atoms with van der Waals surface area (Å²) < 4.78 is 0. The molecule has 0 fully saturated rings. The van der Waals surface area contributed by atoms with E-state index in [4.69, 9.17) is 11.6 Å². The molecule has 1 aliphatic rings. The Bertz CT molecular complexity index is 773. The number of halogens is 1. The van der Waals surface area contributed by atoms with Crippen LogP contribution in [0.1, 0.15) is 18.4 Å². The highest BCUT2D eigenvalue weighted by Crippen LogP contribution is 2.16. The zero-order chi connectivity index (χ0) is 16.9.